The van der Waals surface area contributed by atoms with Crippen LogP contribution in [0.25, 0.3) is 0 Å². The van der Waals surface area contributed by atoms with Gasteiger partial charge in [0.25, 0.3) is 0 Å². The van der Waals surface area contributed by atoms with Crippen LogP contribution >= 0.6 is 0 Å². The highest BCUT2D eigenvalue weighted by Gasteiger charge is 2.50. The quantitative estimate of drug-likeness (QED) is 0.879. The monoisotopic (exact) mass is 259 g/mol. The fraction of sp³-hybridized carbons (Fsp3) is 0.765. The second-order valence-electron chi connectivity index (χ2n) is 7.54. The fourth-order valence-corrected chi connectivity index (χ4v) is 5.51. The van der Waals surface area contributed by atoms with Crippen molar-refractivity contribution in [3.63, 3.8) is 0 Å². The van der Waals surface area contributed by atoms with E-state index in [4.69, 9.17) is 4.42 Å². The first-order chi connectivity index (χ1) is 9.22. The molecule has 1 aromatic heterocycles. The molecule has 19 heavy (non-hydrogen) atoms. The van der Waals surface area contributed by atoms with Gasteiger partial charge in [0.2, 0.25) is 0 Å². The third kappa shape index (κ3) is 2.14. The van der Waals surface area contributed by atoms with Gasteiger partial charge in [0.15, 0.2) is 0 Å². The highest BCUT2D eigenvalue weighted by Crippen LogP contribution is 2.59. The number of hydrogen-bond donors (Lipinski definition) is 1. The summed E-state index contributed by atoms with van der Waals surface area (Å²) in [5, 5.41) is 3.75. The van der Waals surface area contributed by atoms with Crippen molar-refractivity contribution in [3.05, 3.63) is 24.2 Å². The molecule has 2 nitrogen and oxygen atoms in total. The second-order valence-corrected chi connectivity index (χ2v) is 7.54. The molecule has 0 amide bonds. The molecule has 0 aromatic carbocycles. The predicted octanol–water partition coefficient (Wildman–Crippen LogP) is 4.15. The molecule has 1 heterocycles. The minimum Gasteiger partial charge on any atom is -0.468 e. The van der Waals surface area contributed by atoms with E-state index >= 15 is 0 Å². The molecule has 1 aromatic rings. The summed E-state index contributed by atoms with van der Waals surface area (Å²) in [6.45, 7) is 3.41. The molecule has 104 valence electrons. The minimum atomic E-state index is 0.350. The molecular weight excluding hydrogens is 234 g/mol. The van der Waals surface area contributed by atoms with E-state index in [1.807, 2.05) is 6.07 Å². The van der Waals surface area contributed by atoms with Crippen LogP contribution in [0.15, 0.2) is 22.8 Å². The van der Waals surface area contributed by atoms with E-state index in [2.05, 4.69) is 18.3 Å². The van der Waals surface area contributed by atoms with E-state index in [9.17, 15) is 0 Å². The van der Waals surface area contributed by atoms with Crippen LogP contribution in [0.4, 0.5) is 0 Å². The van der Waals surface area contributed by atoms with Gasteiger partial charge in [0.1, 0.15) is 5.76 Å². The summed E-state index contributed by atoms with van der Waals surface area (Å²) < 4.78 is 5.50. The first-order valence-electron chi connectivity index (χ1n) is 7.99. The summed E-state index contributed by atoms with van der Waals surface area (Å²) in [7, 11) is 0. The first-order valence-corrected chi connectivity index (χ1v) is 7.99. The van der Waals surface area contributed by atoms with Crippen LogP contribution in [-0.4, -0.2) is 6.54 Å². The topological polar surface area (TPSA) is 25.2 Å². The van der Waals surface area contributed by atoms with Crippen LogP contribution in [0.2, 0.25) is 0 Å². The van der Waals surface area contributed by atoms with Crippen LogP contribution in [-0.2, 0) is 0 Å². The fourth-order valence-electron chi connectivity index (χ4n) is 5.51. The van der Waals surface area contributed by atoms with Gasteiger partial charge in [-0.05, 0) is 80.8 Å². The molecule has 4 aliphatic carbocycles. The molecule has 4 saturated carbocycles. The molecular formula is C17H25NO. The molecule has 2 heteroatoms. The van der Waals surface area contributed by atoms with Gasteiger partial charge in [-0.15, -0.1) is 0 Å². The number of furan rings is 1. The number of hydrogen-bond acceptors (Lipinski definition) is 2. The van der Waals surface area contributed by atoms with E-state index in [1.165, 1.54) is 45.1 Å². The Morgan fingerprint density at radius 2 is 1.84 bits per heavy atom. The van der Waals surface area contributed by atoms with Crippen LogP contribution in [0.1, 0.15) is 57.3 Å². The Morgan fingerprint density at radius 3 is 2.37 bits per heavy atom. The van der Waals surface area contributed by atoms with Crippen LogP contribution < -0.4 is 5.32 Å². The molecule has 0 aliphatic heterocycles. The summed E-state index contributed by atoms with van der Waals surface area (Å²) in [5.74, 6) is 4.22. The largest absolute Gasteiger partial charge is 0.468 e. The summed E-state index contributed by atoms with van der Waals surface area (Å²) in [6.07, 6.45) is 10.8. The van der Waals surface area contributed by atoms with E-state index in [0.717, 1.165) is 23.5 Å². The van der Waals surface area contributed by atoms with Gasteiger partial charge in [0.05, 0.1) is 12.3 Å². The molecule has 4 fully saturated rings. The van der Waals surface area contributed by atoms with E-state index in [0.29, 0.717) is 11.5 Å². The van der Waals surface area contributed by atoms with Crippen LogP contribution in [0, 0.1) is 23.2 Å². The van der Waals surface area contributed by atoms with Crippen molar-refractivity contribution in [2.75, 3.05) is 6.54 Å². The van der Waals surface area contributed by atoms with E-state index < -0.39 is 0 Å². The van der Waals surface area contributed by atoms with Crippen molar-refractivity contribution in [1.82, 2.24) is 5.32 Å². The lowest BCUT2D eigenvalue weighted by Gasteiger charge is -2.57. The SMILES string of the molecule is CC(NCC12CC3CC(CC(C3)C1)C2)c1ccco1. The average molecular weight is 259 g/mol. The summed E-state index contributed by atoms with van der Waals surface area (Å²) in [5.41, 5.74) is 0.621. The maximum atomic E-state index is 5.50. The zero-order valence-electron chi connectivity index (χ0n) is 11.9. The lowest BCUT2D eigenvalue weighted by Crippen LogP contribution is -2.50. The molecule has 1 unspecified atom stereocenters. The Kier molecular flexibility index (Phi) is 2.77. The molecule has 1 N–H and O–H groups in total. The Bertz CT molecular complexity index is 401. The highest BCUT2D eigenvalue weighted by atomic mass is 16.3. The van der Waals surface area contributed by atoms with Gasteiger partial charge in [0, 0.05) is 6.54 Å². The Morgan fingerprint density at radius 1 is 1.21 bits per heavy atom. The van der Waals surface area contributed by atoms with Crippen molar-refractivity contribution < 1.29 is 4.42 Å². The first kappa shape index (κ1) is 12.0. The molecule has 1 atom stereocenters. The van der Waals surface area contributed by atoms with Crippen molar-refractivity contribution in [1.29, 1.82) is 0 Å². The summed E-state index contributed by atoms with van der Waals surface area (Å²) in [6, 6.07) is 4.42. The Hall–Kier alpha value is -0.760. The van der Waals surface area contributed by atoms with Gasteiger partial charge in [-0.2, -0.15) is 0 Å². The van der Waals surface area contributed by atoms with Crippen LogP contribution in [0.3, 0.4) is 0 Å². The molecule has 0 radical (unpaired) electrons. The normalized spacial score (nSPS) is 41.6. The predicted molar refractivity (Wildman–Crippen MR) is 75.7 cm³/mol. The van der Waals surface area contributed by atoms with Gasteiger partial charge >= 0.3 is 0 Å². The molecule has 0 saturated heterocycles. The highest BCUT2D eigenvalue weighted by molar-refractivity contribution is 5.05. The second kappa shape index (κ2) is 4.37. The minimum absolute atomic E-state index is 0.350. The molecule has 0 spiro atoms. The molecule has 4 bridgehead atoms. The number of rotatable bonds is 4. The molecule has 4 aliphatic rings. The van der Waals surface area contributed by atoms with Crippen molar-refractivity contribution in [2.24, 2.45) is 23.2 Å². The Balaban J connectivity index is 1.42. The summed E-state index contributed by atoms with van der Waals surface area (Å²) >= 11 is 0. The van der Waals surface area contributed by atoms with Gasteiger partial charge in [-0.1, -0.05) is 0 Å². The maximum Gasteiger partial charge on any atom is 0.120 e. The van der Waals surface area contributed by atoms with E-state index in [-0.39, 0.29) is 0 Å². The van der Waals surface area contributed by atoms with Crippen molar-refractivity contribution in [2.45, 2.75) is 51.5 Å². The number of nitrogens with one attached hydrogen (secondary N) is 1. The zero-order valence-corrected chi connectivity index (χ0v) is 11.9. The van der Waals surface area contributed by atoms with Crippen LogP contribution in [0.5, 0.6) is 0 Å². The molecule has 5 rings (SSSR count). The van der Waals surface area contributed by atoms with Crippen molar-refractivity contribution in [3.8, 4) is 0 Å². The maximum absolute atomic E-state index is 5.50. The van der Waals surface area contributed by atoms with E-state index in [1.54, 1.807) is 6.26 Å². The standard InChI is InChI=1S/C17H25NO/c1-12(16-3-2-4-19-16)18-11-17-8-13-5-14(9-17)7-15(6-13)10-17/h2-4,12-15,18H,5-11H2,1H3. The Labute approximate surface area is 116 Å². The van der Waals surface area contributed by atoms with Gasteiger partial charge in [-0.3, -0.25) is 0 Å². The third-order valence-corrected chi connectivity index (χ3v) is 5.92. The zero-order chi connectivity index (χ0) is 12.9. The third-order valence-electron chi connectivity index (χ3n) is 5.92. The lowest BCUT2D eigenvalue weighted by atomic mass is 9.49. The van der Waals surface area contributed by atoms with Gasteiger partial charge in [-0.25, -0.2) is 0 Å². The lowest BCUT2D eigenvalue weighted by molar-refractivity contribution is -0.0525. The summed E-state index contributed by atoms with van der Waals surface area (Å²) in [4.78, 5) is 0. The van der Waals surface area contributed by atoms with Gasteiger partial charge < -0.3 is 9.73 Å². The average Bonchev–Trinajstić information content (AvgIpc) is 2.88. The smallest absolute Gasteiger partial charge is 0.120 e. The van der Waals surface area contributed by atoms with Crippen molar-refractivity contribution >= 4 is 0 Å².